The third-order valence-electron chi connectivity index (χ3n) is 12.0. The van der Waals surface area contributed by atoms with Gasteiger partial charge in [0.2, 0.25) is 23.6 Å². The number of nitrogens with one attached hydrogen (secondary N) is 5. The number of amides is 5. The van der Waals surface area contributed by atoms with E-state index in [0.717, 1.165) is 22.3 Å². The van der Waals surface area contributed by atoms with Gasteiger partial charge in [0.1, 0.15) is 49.3 Å². The molecule has 0 unspecified atom stereocenters. The maximum Gasteiger partial charge on any atom is 0.407 e. The molecule has 0 spiro atoms. The van der Waals surface area contributed by atoms with Crippen LogP contribution in [0.3, 0.4) is 0 Å². The van der Waals surface area contributed by atoms with E-state index < -0.39 is 116 Å². The summed E-state index contributed by atoms with van der Waals surface area (Å²) in [6.07, 6.45) is -12.5. The summed E-state index contributed by atoms with van der Waals surface area (Å²) in [6, 6.07) is 14.1. The van der Waals surface area contributed by atoms with Crippen molar-refractivity contribution in [2.24, 2.45) is 0 Å². The molecular weight excluding hydrogens is 925 g/mol. The summed E-state index contributed by atoms with van der Waals surface area (Å²) in [5.41, 5.74) is 4.07. The standard InChI is InChI=1S/C46H66N6O18/c1-25-37(57)39(59)41(61)44(69-25)66-18-16-48-35(55)22-52(23-36(56)49-17-19-67-45-42(62)40(60)38(58)26(2)70-45)21-34(54)47-15-9-3-4-14-33(53)50-20-32(43(63)64)51-46(65)68-24-31-29-12-7-5-10-27(29)28-11-6-8-13-30(28)31/h5-8,10-13,25-26,31-32,37-42,44-45,57-62H,3-4,9,14-24H2,1-2H3,(H,47,54)(H,48,55)(H,49,56)(H,50,53)(H,51,65)(H,63,64)/t25-,26-,32-,37+,38+,39+,40+,41-,42-,44+,45+/m0/s1. The zero-order valence-corrected chi connectivity index (χ0v) is 39.0. The largest absolute Gasteiger partial charge is 0.480 e. The fraction of sp³-hybridized carbons (Fsp3) is 0.609. The molecule has 0 bridgehead atoms. The number of aliphatic carboxylic acids is 1. The molecule has 70 heavy (non-hydrogen) atoms. The third kappa shape index (κ3) is 16.1. The van der Waals surface area contributed by atoms with Gasteiger partial charge >= 0.3 is 12.1 Å². The molecule has 2 aromatic rings. The van der Waals surface area contributed by atoms with Gasteiger partial charge in [0, 0.05) is 38.5 Å². The number of alkyl carbamates (subject to hydrolysis) is 1. The maximum atomic E-state index is 13.0. The molecule has 2 fully saturated rings. The van der Waals surface area contributed by atoms with Crippen LogP contribution in [0, 0.1) is 0 Å². The number of aliphatic hydroxyl groups excluding tert-OH is 6. The highest BCUT2D eigenvalue weighted by molar-refractivity contribution is 5.84. The normalized spacial score (nSPS) is 25.5. The molecule has 3 aliphatic rings. The summed E-state index contributed by atoms with van der Waals surface area (Å²) in [7, 11) is 0. The smallest absolute Gasteiger partial charge is 0.407 e. The second-order valence-corrected chi connectivity index (χ2v) is 17.3. The first-order valence-corrected chi connectivity index (χ1v) is 23.2. The number of carbonyl (C=O) groups excluding carboxylic acids is 5. The predicted molar refractivity (Wildman–Crippen MR) is 243 cm³/mol. The van der Waals surface area contributed by atoms with Crippen LogP contribution in [0.25, 0.3) is 11.1 Å². The van der Waals surface area contributed by atoms with Gasteiger partial charge in [-0.25, -0.2) is 9.59 Å². The number of hydrogen-bond acceptors (Lipinski definition) is 18. The molecule has 388 valence electrons. The molecule has 2 heterocycles. The van der Waals surface area contributed by atoms with E-state index in [2.05, 4.69) is 26.6 Å². The lowest BCUT2D eigenvalue weighted by molar-refractivity contribution is -0.292. The first-order valence-electron chi connectivity index (χ1n) is 23.2. The van der Waals surface area contributed by atoms with E-state index in [1.165, 1.54) is 18.7 Å². The summed E-state index contributed by atoms with van der Waals surface area (Å²) < 4.78 is 27.1. The van der Waals surface area contributed by atoms with Gasteiger partial charge in [-0.1, -0.05) is 55.0 Å². The third-order valence-corrected chi connectivity index (χ3v) is 12.0. The van der Waals surface area contributed by atoms with Gasteiger partial charge in [0.05, 0.1) is 45.1 Å². The topological polar surface area (TPSA) is 354 Å². The molecule has 1 aliphatic carbocycles. The zero-order valence-electron chi connectivity index (χ0n) is 39.0. The summed E-state index contributed by atoms with van der Waals surface area (Å²) in [5.74, 6) is -3.75. The van der Waals surface area contributed by atoms with E-state index >= 15 is 0 Å². The Morgan fingerprint density at radius 3 is 1.56 bits per heavy atom. The lowest BCUT2D eigenvalue weighted by atomic mass is 9.98. The number of unbranched alkanes of at least 4 members (excludes halogenated alkanes) is 2. The molecular formula is C46H66N6O18. The predicted octanol–water partition coefficient (Wildman–Crippen LogP) is -3.01. The van der Waals surface area contributed by atoms with E-state index in [4.69, 9.17) is 23.7 Å². The Morgan fingerprint density at radius 2 is 1.07 bits per heavy atom. The molecule has 5 rings (SSSR count). The van der Waals surface area contributed by atoms with E-state index in [1.54, 1.807) is 0 Å². The van der Waals surface area contributed by atoms with Gasteiger partial charge in [0.15, 0.2) is 12.6 Å². The molecule has 0 radical (unpaired) electrons. The molecule has 24 nitrogen and oxygen atoms in total. The van der Waals surface area contributed by atoms with Gasteiger partial charge in [-0.3, -0.25) is 24.1 Å². The van der Waals surface area contributed by atoms with Gasteiger partial charge in [-0.2, -0.15) is 0 Å². The highest BCUT2D eigenvalue weighted by Gasteiger charge is 2.43. The van der Waals surface area contributed by atoms with Crippen molar-refractivity contribution in [2.45, 2.75) is 113 Å². The van der Waals surface area contributed by atoms with Crippen molar-refractivity contribution >= 4 is 35.7 Å². The SMILES string of the molecule is C[C@@H]1O[C@@H](OCCNC(=O)CN(CC(=O)NCCCCCC(=O)NC[C@H](NC(=O)OCC2c3ccccc3-c3ccccc32)C(=O)O)CC(=O)NCCO[C@@H]2O[C@@H](C)[C@@H](O)[C@@H](O)[C@@H]2O)[C@@H](O)[C@H](O)[C@@H]1O. The molecule has 2 aromatic carbocycles. The Balaban J connectivity index is 0.994. The first kappa shape index (κ1) is 55.5. The van der Waals surface area contributed by atoms with Crippen LogP contribution in [0.5, 0.6) is 0 Å². The number of nitrogens with zero attached hydrogens (tertiary/aromatic N) is 1. The molecule has 2 saturated heterocycles. The highest BCUT2D eigenvalue weighted by Crippen LogP contribution is 2.44. The Labute approximate surface area is 403 Å². The highest BCUT2D eigenvalue weighted by atomic mass is 16.7. The van der Waals surface area contributed by atoms with E-state index in [-0.39, 0.29) is 64.9 Å². The van der Waals surface area contributed by atoms with Crippen molar-refractivity contribution in [3.63, 3.8) is 0 Å². The zero-order chi connectivity index (χ0) is 50.9. The van der Waals surface area contributed by atoms with E-state index in [9.17, 15) is 64.5 Å². The van der Waals surface area contributed by atoms with Crippen LogP contribution in [-0.4, -0.2) is 209 Å². The Morgan fingerprint density at radius 1 is 0.600 bits per heavy atom. The second kappa shape index (κ2) is 27.3. The summed E-state index contributed by atoms with van der Waals surface area (Å²) in [4.78, 5) is 77.2. The summed E-state index contributed by atoms with van der Waals surface area (Å²) in [6.45, 7) is 1.05. The molecule has 5 amide bonds. The van der Waals surface area contributed by atoms with Crippen molar-refractivity contribution in [2.75, 3.05) is 65.6 Å². The van der Waals surface area contributed by atoms with Crippen molar-refractivity contribution < 1.29 is 88.2 Å². The number of aliphatic hydroxyl groups is 6. The molecule has 11 atom stereocenters. The van der Waals surface area contributed by atoms with E-state index in [0.29, 0.717) is 19.3 Å². The number of ether oxygens (including phenoxy) is 5. The maximum absolute atomic E-state index is 13.0. The lowest BCUT2D eigenvalue weighted by Crippen LogP contribution is -2.57. The van der Waals surface area contributed by atoms with E-state index in [1.807, 2.05) is 48.5 Å². The van der Waals surface area contributed by atoms with Crippen molar-refractivity contribution in [1.82, 2.24) is 31.5 Å². The van der Waals surface area contributed by atoms with Crippen molar-refractivity contribution in [3.05, 3.63) is 59.7 Å². The van der Waals surface area contributed by atoms with Crippen LogP contribution in [0.15, 0.2) is 48.5 Å². The minimum atomic E-state index is -1.54. The number of carboxylic acids is 1. The number of carboxylic acid groups (broad SMARTS) is 1. The lowest BCUT2D eigenvalue weighted by Gasteiger charge is -2.38. The average Bonchev–Trinajstić information content (AvgIpc) is 3.65. The van der Waals surface area contributed by atoms with Crippen LogP contribution in [-0.2, 0) is 47.7 Å². The van der Waals surface area contributed by atoms with Crippen LogP contribution in [0.2, 0.25) is 0 Å². The summed E-state index contributed by atoms with van der Waals surface area (Å²) >= 11 is 0. The van der Waals surface area contributed by atoms with Crippen LogP contribution in [0.4, 0.5) is 4.79 Å². The number of hydrogen-bond donors (Lipinski definition) is 12. The van der Waals surface area contributed by atoms with Gasteiger partial charge in [-0.15, -0.1) is 0 Å². The van der Waals surface area contributed by atoms with Crippen LogP contribution >= 0.6 is 0 Å². The summed E-state index contributed by atoms with van der Waals surface area (Å²) in [5, 5.41) is 82.5. The second-order valence-electron chi connectivity index (χ2n) is 17.3. The number of benzene rings is 2. The molecule has 0 saturated carbocycles. The Bertz CT molecular complexity index is 1970. The van der Waals surface area contributed by atoms with Gasteiger partial charge in [-0.05, 0) is 48.9 Å². The molecule has 12 N–H and O–H groups in total. The molecule has 2 aliphatic heterocycles. The number of rotatable bonds is 26. The quantitative estimate of drug-likeness (QED) is 0.0418. The van der Waals surface area contributed by atoms with Crippen molar-refractivity contribution in [1.29, 1.82) is 0 Å². The average molecular weight is 991 g/mol. The van der Waals surface area contributed by atoms with Crippen molar-refractivity contribution in [3.8, 4) is 11.1 Å². The van der Waals surface area contributed by atoms with Crippen LogP contribution in [0.1, 0.15) is 56.6 Å². The van der Waals surface area contributed by atoms with Crippen LogP contribution < -0.4 is 26.6 Å². The Hall–Kier alpha value is -5.38. The minimum Gasteiger partial charge on any atom is -0.480 e. The monoisotopic (exact) mass is 990 g/mol. The number of fused-ring (bicyclic) bond motifs is 3. The molecule has 0 aromatic heterocycles. The Kier molecular flexibility index (Phi) is 21.7. The minimum absolute atomic E-state index is 0.0166. The fourth-order valence-corrected chi connectivity index (χ4v) is 8.08. The fourth-order valence-electron chi connectivity index (χ4n) is 8.08. The van der Waals surface area contributed by atoms with Gasteiger partial charge < -0.3 is 86.0 Å². The molecule has 24 heteroatoms. The first-order chi connectivity index (χ1) is 33.4. The van der Waals surface area contributed by atoms with Gasteiger partial charge in [0.25, 0.3) is 0 Å². The number of carbonyl (C=O) groups is 6.